The van der Waals surface area contributed by atoms with E-state index in [4.69, 9.17) is 9.47 Å². The molecule has 0 aromatic heterocycles. The lowest BCUT2D eigenvalue weighted by atomic mass is 9.84. The van der Waals surface area contributed by atoms with Gasteiger partial charge in [0.05, 0.1) is 13.2 Å². The maximum absolute atomic E-state index is 12.6. The van der Waals surface area contributed by atoms with Crippen LogP contribution in [0.25, 0.3) is 0 Å². The second-order valence-electron chi connectivity index (χ2n) is 7.13. The summed E-state index contributed by atoms with van der Waals surface area (Å²) in [5, 5.41) is 3.21. The van der Waals surface area contributed by atoms with Crippen molar-refractivity contribution in [1.82, 2.24) is 5.32 Å². The molecule has 4 nitrogen and oxygen atoms in total. The first-order valence-electron chi connectivity index (χ1n) is 9.32. The van der Waals surface area contributed by atoms with E-state index < -0.39 is 0 Å². The largest absolute Gasteiger partial charge is 0.490 e. The molecule has 2 fully saturated rings. The molecule has 2 saturated carbocycles. The summed E-state index contributed by atoms with van der Waals surface area (Å²) >= 11 is 0. The summed E-state index contributed by atoms with van der Waals surface area (Å²) in [5.41, 5.74) is 0.636. The van der Waals surface area contributed by atoms with Crippen molar-refractivity contribution < 1.29 is 14.3 Å². The van der Waals surface area contributed by atoms with Crippen molar-refractivity contribution in [3.63, 3.8) is 0 Å². The highest BCUT2D eigenvalue weighted by Gasteiger charge is 2.42. The fourth-order valence-corrected chi connectivity index (χ4v) is 4.50. The standard InChI is InChI=1S/C20H29NO3/c1-4-23-18-9-8-16(12-19(18)24-5-2)20(22)21-13(3)17-11-14-6-7-15(17)10-14/h8-9,12-15,17H,4-7,10-11H2,1-3H3,(H,21,22). The Morgan fingerprint density at radius 1 is 1.17 bits per heavy atom. The van der Waals surface area contributed by atoms with Gasteiger partial charge < -0.3 is 14.8 Å². The highest BCUT2D eigenvalue weighted by molar-refractivity contribution is 5.95. The van der Waals surface area contributed by atoms with E-state index in [9.17, 15) is 4.79 Å². The molecule has 2 aliphatic carbocycles. The number of benzene rings is 1. The molecule has 1 N–H and O–H groups in total. The molecule has 0 saturated heterocycles. The van der Waals surface area contributed by atoms with Crippen molar-refractivity contribution in [2.24, 2.45) is 17.8 Å². The van der Waals surface area contributed by atoms with Gasteiger partial charge in [-0.1, -0.05) is 6.42 Å². The van der Waals surface area contributed by atoms with Gasteiger partial charge >= 0.3 is 0 Å². The lowest BCUT2D eigenvalue weighted by molar-refractivity contribution is 0.0914. The second-order valence-corrected chi connectivity index (χ2v) is 7.13. The smallest absolute Gasteiger partial charge is 0.251 e. The Hall–Kier alpha value is -1.71. The van der Waals surface area contributed by atoms with Crippen LogP contribution in [0.3, 0.4) is 0 Å². The summed E-state index contributed by atoms with van der Waals surface area (Å²) in [7, 11) is 0. The van der Waals surface area contributed by atoms with Crippen molar-refractivity contribution >= 4 is 5.91 Å². The zero-order valence-electron chi connectivity index (χ0n) is 15.0. The van der Waals surface area contributed by atoms with Crippen molar-refractivity contribution in [3.8, 4) is 11.5 Å². The first-order chi connectivity index (χ1) is 11.6. The van der Waals surface area contributed by atoms with Crippen molar-refractivity contribution in [2.45, 2.75) is 52.5 Å². The SMILES string of the molecule is CCOc1ccc(C(=O)NC(C)C2CC3CCC2C3)cc1OCC. The van der Waals surface area contributed by atoms with Crippen molar-refractivity contribution in [3.05, 3.63) is 23.8 Å². The average molecular weight is 331 g/mol. The van der Waals surface area contributed by atoms with Gasteiger partial charge in [-0.3, -0.25) is 4.79 Å². The van der Waals surface area contributed by atoms with Crippen LogP contribution < -0.4 is 14.8 Å². The highest BCUT2D eigenvalue weighted by atomic mass is 16.5. The maximum atomic E-state index is 12.6. The van der Waals surface area contributed by atoms with E-state index in [0.29, 0.717) is 36.2 Å². The molecule has 4 atom stereocenters. The van der Waals surface area contributed by atoms with Crippen LogP contribution in [-0.2, 0) is 0 Å². The molecule has 1 aromatic carbocycles. The monoisotopic (exact) mass is 331 g/mol. The number of hydrogen-bond acceptors (Lipinski definition) is 3. The third kappa shape index (κ3) is 3.52. The quantitative estimate of drug-likeness (QED) is 0.820. The zero-order chi connectivity index (χ0) is 17.1. The van der Waals surface area contributed by atoms with E-state index in [0.717, 1.165) is 11.8 Å². The van der Waals surface area contributed by atoms with Crippen LogP contribution in [0, 0.1) is 17.8 Å². The average Bonchev–Trinajstić information content (AvgIpc) is 3.20. The predicted octanol–water partition coefficient (Wildman–Crippen LogP) is 4.04. The third-order valence-corrected chi connectivity index (χ3v) is 5.60. The summed E-state index contributed by atoms with van der Waals surface area (Å²) < 4.78 is 11.2. The Bertz CT molecular complexity index is 586. The molecular formula is C20H29NO3. The molecule has 1 amide bonds. The van der Waals surface area contributed by atoms with Crippen molar-refractivity contribution in [2.75, 3.05) is 13.2 Å². The van der Waals surface area contributed by atoms with Crippen LogP contribution in [0.2, 0.25) is 0 Å². The number of hydrogen-bond donors (Lipinski definition) is 1. The second kappa shape index (κ2) is 7.45. The molecular weight excluding hydrogens is 302 g/mol. The molecule has 0 radical (unpaired) electrons. The molecule has 4 heteroatoms. The Morgan fingerprint density at radius 3 is 2.54 bits per heavy atom. The molecule has 4 unspecified atom stereocenters. The Morgan fingerprint density at radius 2 is 1.92 bits per heavy atom. The molecule has 132 valence electrons. The van der Waals surface area contributed by atoms with Crippen LogP contribution in [0.4, 0.5) is 0 Å². The number of carbonyl (C=O) groups is 1. The van der Waals surface area contributed by atoms with E-state index >= 15 is 0 Å². The van der Waals surface area contributed by atoms with Gasteiger partial charge in [0.2, 0.25) is 0 Å². The first kappa shape index (κ1) is 17.1. The lowest BCUT2D eigenvalue weighted by Gasteiger charge is -2.28. The Labute approximate surface area is 144 Å². The van der Waals surface area contributed by atoms with Gasteiger partial charge in [0.1, 0.15) is 0 Å². The summed E-state index contributed by atoms with van der Waals surface area (Å²) in [4.78, 5) is 12.6. The van der Waals surface area contributed by atoms with Crippen LogP contribution in [0.15, 0.2) is 18.2 Å². The normalized spacial score (nSPS) is 26.2. The van der Waals surface area contributed by atoms with Gasteiger partial charge in [-0.2, -0.15) is 0 Å². The van der Waals surface area contributed by atoms with Gasteiger partial charge in [0.15, 0.2) is 11.5 Å². The lowest BCUT2D eigenvalue weighted by Crippen LogP contribution is -2.40. The predicted molar refractivity (Wildman–Crippen MR) is 94.6 cm³/mol. The summed E-state index contributed by atoms with van der Waals surface area (Å²) in [5.74, 6) is 3.66. The molecule has 2 aliphatic rings. The minimum atomic E-state index is -0.0192. The van der Waals surface area contributed by atoms with E-state index in [1.807, 2.05) is 26.0 Å². The molecule has 0 spiro atoms. The highest BCUT2D eigenvalue weighted by Crippen LogP contribution is 2.49. The van der Waals surface area contributed by atoms with Crippen LogP contribution >= 0.6 is 0 Å². The van der Waals surface area contributed by atoms with Gasteiger partial charge in [-0.25, -0.2) is 0 Å². The summed E-state index contributed by atoms with van der Waals surface area (Å²) in [6.45, 7) is 7.15. The zero-order valence-corrected chi connectivity index (χ0v) is 15.0. The molecule has 2 bridgehead atoms. The van der Waals surface area contributed by atoms with Gasteiger partial charge in [-0.15, -0.1) is 0 Å². The number of ether oxygens (including phenoxy) is 2. The molecule has 3 rings (SSSR count). The number of rotatable bonds is 7. The first-order valence-corrected chi connectivity index (χ1v) is 9.32. The Balaban J connectivity index is 1.66. The minimum absolute atomic E-state index is 0.0192. The third-order valence-electron chi connectivity index (χ3n) is 5.60. The van der Waals surface area contributed by atoms with E-state index in [1.54, 1.807) is 6.07 Å². The fraction of sp³-hybridized carbons (Fsp3) is 0.650. The number of amides is 1. The summed E-state index contributed by atoms with van der Waals surface area (Å²) in [6.07, 6.45) is 5.37. The van der Waals surface area contributed by atoms with E-state index in [2.05, 4.69) is 12.2 Å². The Kier molecular flexibility index (Phi) is 5.32. The summed E-state index contributed by atoms with van der Waals surface area (Å²) in [6, 6.07) is 5.66. The van der Waals surface area contributed by atoms with Crippen LogP contribution in [0.5, 0.6) is 11.5 Å². The topological polar surface area (TPSA) is 47.6 Å². The van der Waals surface area contributed by atoms with E-state index in [-0.39, 0.29) is 11.9 Å². The number of fused-ring (bicyclic) bond motifs is 2. The molecule has 1 aromatic rings. The van der Waals surface area contributed by atoms with Crippen LogP contribution in [-0.4, -0.2) is 25.2 Å². The van der Waals surface area contributed by atoms with Crippen molar-refractivity contribution in [1.29, 1.82) is 0 Å². The van der Waals surface area contributed by atoms with Crippen LogP contribution in [0.1, 0.15) is 56.8 Å². The van der Waals surface area contributed by atoms with Gasteiger partial charge in [-0.05, 0) is 76.0 Å². The number of carbonyl (C=O) groups excluding carboxylic acids is 1. The van der Waals surface area contributed by atoms with E-state index in [1.165, 1.54) is 25.7 Å². The minimum Gasteiger partial charge on any atom is -0.490 e. The number of nitrogens with one attached hydrogen (secondary N) is 1. The fourth-order valence-electron chi connectivity index (χ4n) is 4.50. The maximum Gasteiger partial charge on any atom is 0.251 e. The molecule has 0 aliphatic heterocycles. The molecule has 24 heavy (non-hydrogen) atoms. The van der Waals surface area contributed by atoms with Gasteiger partial charge in [0.25, 0.3) is 5.91 Å². The molecule has 0 heterocycles. The van der Waals surface area contributed by atoms with Gasteiger partial charge in [0, 0.05) is 11.6 Å².